The molecule has 0 aliphatic heterocycles. The highest BCUT2D eigenvalue weighted by molar-refractivity contribution is 5.42. The van der Waals surface area contributed by atoms with Gasteiger partial charge < -0.3 is 10.2 Å². The van der Waals surface area contributed by atoms with Gasteiger partial charge in [-0.05, 0) is 38.5 Å². The summed E-state index contributed by atoms with van der Waals surface area (Å²) in [4.78, 5) is 0. The fraction of sp³-hybridized carbons (Fsp3) is 0.385. The van der Waals surface area contributed by atoms with Crippen molar-refractivity contribution in [2.24, 2.45) is 0 Å². The average molecular weight is 206 g/mol. The van der Waals surface area contributed by atoms with Crippen molar-refractivity contribution in [2.45, 2.75) is 32.0 Å². The van der Waals surface area contributed by atoms with Crippen molar-refractivity contribution in [3.8, 4) is 0 Å². The molecular formula is C13H18O2. The van der Waals surface area contributed by atoms with Crippen LogP contribution in [0.4, 0.5) is 0 Å². The molecule has 0 aromatic heterocycles. The fourth-order valence-corrected chi connectivity index (χ4v) is 1.33. The van der Waals surface area contributed by atoms with Crippen LogP contribution in [0.2, 0.25) is 0 Å². The average Bonchev–Trinajstić information content (AvgIpc) is 2.07. The van der Waals surface area contributed by atoms with Crippen LogP contribution in [0, 0.1) is 0 Å². The third kappa shape index (κ3) is 3.50. The lowest BCUT2D eigenvalue weighted by Crippen LogP contribution is -2.24. The largest absolute Gasteiger partial charge is 0.382 e. The Morgan fingerprint density at radius 2 is 1.67 bits per heavy atom. The van der Waals surface area contributed by atoms with E-state index in [1.165, 1.54) is 0 Å². The van der Waals surface area contributed by atoms with Crippen molar-refractivity contribution < 1.29 is 10.2 Å². The van der Waals surface area contributed by atoms with Gasteiger partial charge in [0.25, 0.3) is 0 Å². The second-order valence-electron chi connectivity index (χ2n) is 4.50. The Morgan fingerprint density at radius 1 is 1.13 bits per heavy atom. The van der Waals surface area contributed by atoms with E-state index in [0.717, 1.165) is 11.1 Å². The lowest BCUT2D eigenvalue weighted by molar-refractivity contribution is 0.144. The summed E-state index contributed by atoms with van der Waals surface area (Å²) >= 11 is 0. The molecule has 1 rings (SSSR count). The van der Waals surface area contributed by atoms with Gasteiger partial charge in [0, 0.05) is 0 Å². The molecule has 0 aromatic carbocycles. The van der Waals surface area contributed by atoms with Gasteiger partial charge in [-0.25, -0.2) is 0 Å². The van der Waals surface area contributed by atoms with Crippen LogP contribution in [0.1, 0.15) is 20.8 Å². The molecule has 82 valence electrons. The summed E-state index contributed by atoms with van der Waals surface area (Å²) in [5.74, 6) is 0. The van der Waals surface area contributed by atoms with Crippen LogP contribution in [0.3, 0.4) is 0 Å². The molecule has 0 aromatic rings. The molecule has 15 heavy (non-hydrogen) atoms. The monoisotopic (exact) mass is 206 g/mol. The molecule has 1 aliphatic rings. The summed E-state index contributed by atoms with van der Waals surface area (Å²) in [5.41, 5.74) is -0.385. The maximum absolute atomic E-state index is 9.98. The van der Waals surface area contributed by atoms with Crippen molar-refractivity contribution in [3.63, 3.8) is 0 Å². The Morgan fingerprint density at radius 3 is 2.20 bits per heavy atom. The summed E-state index contributed by atoms with van der Waals surface area (Å²) < 4.78 is 0. The number of rotatable bonds is 1. The van der Waals surface area contributed by atoms with E-state index in [9.17, 15) is 10.2 Å². The lowest BCUT2D eigenvalue weighted by Gasteiger charge is -2.22. The molecule has 2 nitrogen and oxygen atoms in total. The normalized spacial score (nSPS) is 43.4. The van der Waals surface area contributed by atoms with Crippen LogP contribution in [0.15, 0.2) is 48.1 Å². The fourth-order valence-electron chi connectivity index (χ4n) is 1.33. The first-order valence-electron chi connectivity index (χ1n) is 4.95. The predicted octanol–water partition coefficient (Wildman–Crippen LogP) is 2.12. The van der Waals surface area contributed by atoms with E-state index >= 15 is 0 Å². The first-order chi connectivity index (χ1) is 6.72. The van der Waals surface area contributed by atoms with Gasteiger partial charge >= 0.3 is 0 Å². The second-order valence-corrected chi connectivity index (χ2v) is 4.50. The lowest BCUT2D eigenvalue weighted by atomic mass is 9.92. The zero-order chi connectivity index (χ0) is 11.7. The topological polar surface area (TPSA) is 40.5 Å². The van der Waals surface area contributed by atoms with Crippen molar-refractivity contribution in [1.82, 2.24) is 0 Å². The summed E-state index contributed by atoms with van der Waals surface area (Å²) in [5, 5.41) is 19.9. The first kappa shape index (κ1) is 12.0. The smallest absolute Gasteiger partial charge is 0.0990 e. The molecular weight excluding hydrogens is 188 g/mol. The minimum absolute atomic E-state index is 0.838. The Bertz CT molecular complexity index is 355. The standard InChI is InChI=1S/C13H18O2/c1-10(2)11-5-6-12(3,14)7-8-13(4,15)9-11/h5-9,14-15H,1H2,2-4H3/b6-5-,8-7-,11-9+. The Hall–Kier alpha value is -1.12. The number of aliphatic hydroxyl groups is 2. The molecule has 0 bridgehead atoms. The molecule has 2 heteroatoms. The Labute approximate surface area is 90.9 Å². The highest BCUT2D eigenvalue weighted by Crippen LogP contribution is 2.22. The summed E-state index contributed by atoms with van der Waals surface area (Å²) in [6, 6.07) is 0. The highest BCUT2D eigenvalue weighted by atomic mass is 16.3. The van der Waals surface area contributed by atoms with Crippen LogP contribution in [-0.4, -0.2) is 21.4 Å². The number of allylic oxidation sites excluding steroid dienone is 3. The molecule has 0 spiro atoms. The maximum atomic E-state index is 9.98. The van der Waals surface area contributed by atoms with Gasteiger partial charge in [0.1, 0.15) is 0 Å². The summed E-state index contributed by atoms with van der Waals surface area (Å²) in [7, 11) is 0. The minimum Gasteiger partial charge on any atom is -0.382 e. The van der Waals surface area contributed by atoms with E-state index in [4.69, 9.17) is 0 Å². The van der Waals surface area contributed by atoms with E-state index in [1.807, 2.05) is 6.92 Å². The van der Waals surface area contributed by atoms with E-state index in [2.05, 4.69) is 6.58 Å². The summed E-state index contributed by atoms with van der Waals surface area (Å²) in [6.07, 6.45) is 8.34. The van der Waals surface area contributed by atoms with Gasteiger partial charge in [-0.2, -0.15) is 0 Å². The third-order valence-corrected chi connectivity index (χ3v) is 2.30. The molecule has 2 N–H and O–H groups in total. The van der Waals surface area contributed by atoms with Crippen LogP contribution in [0.25, 0.3) is 0 Å². The number of hydrogen-bond acceptors (Lipinski definition) is 2. The molecule has 1 aliphatic carbocycles. The van der Waals surface area contributed by atoms with Crippen LogP contribution in [-0.2, 0) is 0 Å². The molecule has 0 saturated carbocycles. The van der Waals surface area contributed by atoms with Crippen LogP contribution < -0.4 is 0 Å². The third-order valence-electron chi connectivity index (χ3n) is 2.30. The van der Waals surface area contributed by atoms with Crippen molar-refractivity contribution >= 4 is 0 Å². The van der Waals surface area contributed by atoms with Gasteiger partial charge in [0.05, 0.1) is 11.2 Å². The number of hydrogen-bond donors (Lipinski definition) is 2. The highest BCUT2D eigenvalue weighted by Gasteiger charge is 2.20. The van der Waals surface area contributed by atoms with Crippen LogP contribution in [0.5, 0.6) is 0 Å². The maximum Gasteiger partial charge on any atom is 0.0990 e. The van der Waals surface area contributed by atoms with Gasteiger partial charge in [-0.1, -0.05) is 30.4 Å². The van der Waals surface area contributed by atoms with Gasteiger partial charge in [-0.3, -0.25) is 0 Å². The molecule has 2 atom stereocenters. The van der Waals surface area contributed by atoms with E-state index < -0.39 is 11.2 Å². The zero-order valence-electron chi connectivity index (χ0n) is 9.49. The van der Waals surface area contributed by atoms with Gasteiger partial charge in [0.15, 0.2) is 0 Å². The van der Waals surface area contributed by atoms with Crippen molar-refractivity contribution in [3.05, 3.63) is 48.1 Å². The molecule has 0 amide bonds. The quantitative estimate of drug-likeness (QED) is 0.645. The van der Waals surface area contributed by atoms with E-state index in [0.29, 0.717) is 0 Å². The Balaban J connectivity index is 3.22. The van der Waals surface area contributed by atoms with Gasteiger partial charge in [0.2, 0.25) is 0 Å². The second kappa shape index (κ2) is 3.80. The molecule has 0 saturated heterocycles. The molecule has 0 fully saturated rings. The van der Waals surface area contributed by atoms with Crippen molar-refractivity contribution in [2.75, 3.05) is 0 Å². The van der Waals surface area contributed by atoms with E-state index in [-0.39, 0.29) is 0 Å². The SMILES string of the molecule is C=C(C)C1=C/C(C)(O)/C=C\C(C)(O)/C=C\1. The van der Waals surface area contributed by atoms with Crippen LogP contribution >= 0.6 is 0 Å². The van der Waals surface area contributed by atoms with Gasteiger partial charge in [-0.15, -0.1) is 0 Å². The predicted molar refractivity (Wildman–Crippen MR) is 62.4 cm³/mol. The minimum atomic E-state index is -1.05. The zero-order valence-corrected chi connectivity index (χ0v) is 9.49. The molecule has 2 unspecified atom stereocenters. The van der Waals surface area contributed by atoms with Crippen molar-refractivity contribution in [1.29, 1.82) is 0 Å². The molecule has 0 radical (unpaired) electrons. The summed E-state index contributed by atoms with van der Waals surface area (Å²) in [6.45, 7) is 9.03. The first-order valence-corrected chi connectivity index (χ1v) is 4.95. The van der Waals surface area contributed by atoms with E-state index in [1.54, 1.807) is 44.2 Å². The Kier molecular flexibility index (Phi) is 3.03. The molecule has 0 heterocycles.